The van der Waals surface area contributed by atoms with Crippen LogP contribution < -0.4 is 10.7 Å². The Kier molecular flexibility index (Phi) is 6.92. The highest BCUT2D eigenvalue weighted by molar-refractivity contribution is 7.18. The molecule has 198 valence electrons. The Labute approximate surface area is 210 Å². The smallest absolute Gasteiger partial charge is 0.276 e. The van der Waals surface area contributed by atoms with Gasteiger partial charge in [0.25, 0.3) is 5.66 Å². The number of carbonyl (C=O) groups excluding carboxylic acids is 1. The second kappa shape index (κ2) is 9.72. The summed E-state index contributed by atoms with van der Waals surface area (Å²) in [4.78, 5) is 15.8. The molecule has 3 saturated carbocycles. The number of halogens is 2. The van der Waals surface area contributed by atoms with Gasteiger partial charge in [-0.1, -0.05) is 22.1 Å². The first kappa shape index (κ1) is 24.9. The first-order valence-electron chi connectivity index (χ1n) is 14.2. The van der Waals surface area contributed by atoms with Gasteiger partial charge in [-0.2, -0.15) is 0 Å². The van der Waals surface area contributed by atoms with Crippen molar-refractivity contribution in [3.63, 3.8) is 0 Å². The summed E-state index contributed by atoms with van der Waals surface area (Å²) in [5.74, 6) is 2.03. The third-order valence-electron chi connectivity index (χ3n) is 10.3. The number of nitrogens with one attached hydrogen (secondary N) is 2. The molecule has 0 bridgehead atoms. The number of carbonyl (C=O) groups is 1. The first-order chi connectivity index (χ1) is 16.8. The quantitative estimate of drug-likeness (QED) is 0.506. The summed E-state index contributed by atoms with van der Waals surface area (Å²) in [5.41, 5.74) is 0.873. The van der Waals surface area contributed by atoms with Crippen molar-refractivity contribution in [2.24, 2.45) is 23.7 Å². The van der Waals surface area contributed by atoms with E-state index in [0.29, 0.717) is 24.0 Å². The van der Waals surface area contributed by atoms with Crippen molar-refractivity contribution in [3.05, 3.63) is 0 Å². The predicted molar refractivity (Wildman–Crippen MR) is 134 cm³/mol. The lowest BCUT2D eigenvalue weighted by Crippen LogP contribution is -2.61. The summed E-state index contributed by atoms with van der Waals surface area (Å²) >= 11 is 0. The number of aliphatic hydroxyl groups is 1. The number of amides is 1. The van der Waals surface area contributed by atoms with Crippen LogP contribution >= 0.6 is 9.24 Å². The van der Waals surface area contributed by atoms with Crippen molar-refractivity contribution in [1.29, 1.82) is 0 Å². The van der Waals surface area contributed by atoms with Gasteiger partial charge in [-0.15, -0.1) is 0 Å². The van der Waals surface area contributed by atoms with Gasteiger partial charge in [0, 0.05) is 43.2 Å². The van der Waals surface area contributed by atoms with E-state index in [2.05, 4.69) is 20.7 Å². The number of alkyl halides is 2. The minimum Gasteiger partial charge on any atom is -0.391 e. The molecule has 3 aliphatic carbocycles. The topological polar surface area (TPSA) is 67.8 Å². The maximum Gasteiger partial charge on any atom is 0.276 e. The molecule has 3 heterocycles. The number of likely N-dealkylation sites (tertiary alicyclic amines) is 1. The fraction of sp³-hybridized carbons (Fsp3) is 0.962. The van der Waals surface area contributed by atoms with E-state index in [1.165, 1.54) is 60.6 Å². The van der Waals surface area contributed by atoms with E-state index < -0.39 is 23.7 Å². The number of aliphatic hydroxyl groups excluding tert-OH is 1. The number of piperidine rings is 2. The summed E-state index contributed by atoms with van der Waals surface area (Å²) < 4.78 is 27.6. The molecule has 0 aromatic carbocycles. The summed E-state index contributed by atoms with van der Waals surface area (Å²) in [6, 6.07) is 0.441. The molecule has 6 rings (SSSR count). The number of hydrogen-bond donors (Lipinski definition) is 3. The fourth-order valence-corrected chi connectivity index (χ4v) is 8.79. The lowest BCUT2D eigenvalue weighted by atomic mass is 9.78. The number of hydrogen-bond acceptors (Lipinski definition) is 5. The van der Waals surface area contributed by atoms with Gasteiger partial charge in [-0.3, -0.25) is 10.2 Å². The van der Waals surface area contributed by atoms with Gasteiger partial charge < -0.3 is 15.3 Å². The lowest BCUT2D eigenvalue weighted by Gasteiger charge is -2.48. The van der Waals surface area contributed by atoms with Gasteiger partial charge in [0.05, 0.1) is 12.0 Å². The van der Waals surface area contributed by atoms with Crippen LogP contribution in [0.25, 0.3) is 0 Å². The molecular weight excluding hydrogens is 469 g/mol. The standard InChI is InChI=1S/C26H43F2N4O2P/c27-26(28,35)24-22(33)13-17(14-29-24)25(34)31-12-11-21-23-19(3-1-2-4-20(23)31)30-32(21)18-9-7-16(8-10-18)15-5-6-15/h15-24,29-30,33H,1-14,35H2. The Morgan fingerprint density at radius 3 is 2.29 bits per heavy atom. The highest BCUT2D eigenvalue weighted by Crippen LogP contribution is 2.47. The third-order valence-corrected chi connectivity index (χ3v) is 10.7. The van der Waals surface area contributed by atoms with E-state index >= 15 is 0 Å². The van der Waals surface area contributed by atoms with Crippen LogP contribution in [-0.2, 0) is 4.79 Å². The normalized spacial score (nSPS) is 45.1. The van der Waals surface area contributed by atoms with Crippen LogP contribution in [0.1, 0.15) is 77.0 Å². The van der Waals surface area contributed by atoms with Gasteiger partial charge in [-0.25, -0.2) is 13.8 Å². The summed E-state index contributed by atoms with van der Waals surface area (Å²) in [5, 5.41) is 15.8. The second-order valence-corrected chi connectivity index (χ2v) is 13.2. The van der Waals surface area contributed by atoms with E-state index in [1.807, 2.05) is 0 Å². The van der Waals surface area contributed by atoms with Crippen LogP contribution in [0.15, 0.2) is 0 Å². The molecule has 35 heavy (non-hydrogen) atoms. The van der Waals surface area contributed by atoms with E-state index in [1.54, 1.807) is 0 Å². The van der Waals surface area contributed by atoms with Crippen LogP contribution in [0, 0.1) is 23.7 Å². The third kappa shape index (κ3) is 4.80. The van der Waals surface area contributed by atoms with Crippen LogP contribution in [-0.4, -0.2) is 76.0 Å². The van der Waals surface area contributed by atoms with E-state index in [9.17, 15) is 18.7 Å². The summed E-state index contributed by atoms with van der Waals surface area (Å²) in [6.07, 6.45) is 12.6. The fourth-order valence-electron chi connectivity index (χ4n) is 8.45. The van der Waals surface area contributed by atoms with Gasteiger partial charge in [-0.05, 0) is 76.0 Å². The molecule has 9 heteroatoms. The molecule has 3 aliphatic heterocycles. The van der Waals surface area contributed by atoms with Gasteiger partial charge in [0.1, 0.15) is 6.04 Å². The summed E-state index contributed by atoms with van der Waals surface area (Å²) in [6.45, 7) is 0.947. The number of nitrogens with zero attached hydrogens (tertiary/aromatic N) is 2. The average molecular weight is 513 g/mol. The van der Waals surface area contributed by atoms with Crippen molar-refractivity contribution in [3.8, 4) is 0 Å². The molecule has 3 N–H and O–H groups in total. The molecule has 6 aliphatic rings. The van der Waals surface area contributed by atoms with Crippen molar-refractivity contribution in [2.45, 2.75) is 119 Å². The Morgan fingerprint density at radius 1 is 0.943 bits per heavy atom. The van der Waals surface area contributed by atoms with Crippen LogP contribution in [0.3, 0.4) is 0 Å². The van der Waals surface area contributed by atoms with Crippen LogP contribution in [0.4, 0.5) is 8.78 Å². The van der Waals surface area contributed by atoms with E-state index in [0.717, 1.165) is 37.6 Å². The molecule has 6 fully saturated rings. The van der Waals surface area contributed by atoms with Crippen molar-refractivity contribution < 1.29 is 18.7 Å². The second-order valence-electron chi connectivity index (χ2n) is 12.4. The molecule has 8 unspecified atom stereocenters. The van der Waals surface area contributed by atoms with Gasteiger partial charge in [0.15, 0.2) is 0 Å². The molecule has 0 radical (unpaired) electrons. The minimum atomic E-state index is -3.09. The van der Waals surface area contributed by atoms with Crippen LogP contribution in [0.5, 0.6) is 0 Å². The predicted octanol–water partition coefficient (Wildman–Crippen LogP) is 3.11. The molecule has 0 aromatic heterocycles. The zero-order valence-electron chi connectivity index (χ0n) is 20.8. The average Bonchev–Trinajstić information content (AvgIpc) is 3.64. The molecule has 0 spiro atoms. The Bertz CT molecular complexity index is 788. The Hall–Kier alpha value is -0.400. The van der Waals surface area contributed by atoms with Crippen LogP contribution in [0.2, 0.25) is 0 Å². The molecule has 8 atom stereocenters. The van der Waals surface area contributed by atoms with Gasteiger partial charge >= 0.3 is 0 Å². The number of hydrazine groups is 1. The molecule has 1 amide bonds. The maximum absolute atomic E-state index is 13.8. The lowest BCUT2D eigenvalue weighted by molar-refractivity contribution is -0.146. The monoisotopic (exact) mass is 512 g/mol. The maximum atomic E-state index is 13.8. The van der Waals surface area contributed by atoms with E-state index in [4.69, 9.17) is 0 Å². The number of rotatable bonds is 4. The minimum absolute atomic E-state index is 0.0505. The Morgan fingerprint density at radius 2 is 1.63 bits per heavy atom. The highest BCUT2D eigenvalue weighted by Gasteiger charge is 2.54. The van der Waals surface area contributed by atoms with E-state index in [-0.39, 0.29) is 24.9 Å². The largest absolute Gasteiger partial charge is 0.391 e. The molecule has 3 saturated heterocycles. The van der Waals surface area contributed by atoms with Crippen molar-refractivity contribution in [1.82, 2.24) is 20.7 Å². The van der Waals surface area contributed by atoms with Crippen molar-refractivity contribution >= 4 is 15.1 Å². The molecule has 6 nitrogen and oxygen atoms in total. The zero-order chi connectivity index (χ0) is 24.3. The highest BCUT2D eigenvalue weighted by atomic mass is 31.0. The van der Waals surface area contributed by atoms with Gasteiger partial charge in [0.2, 0.25) is 5.91 Å². The van der Waals surface area contributed by atoms with Crippen molar-refractivity contribution in [2.75, 3.05) is 13.1 Å². The zero-order valence-corrected chi connectivity index (χ0v) is 21.9. The Balaban J connectivity index is 1.13. The molecular formula is C26H43F2N4O2P. The summed E-state index contributed by atoms with van der Waals surface area (Å²) in [7, 11) is 1.52. The SMILES string of the molecule is O=C(C1CNC(C(F)(F)P)C(O)C1)N1CCC2C3C(CCCCC31)NN2C1CCC(C2CC2)CC1. The first-order valence-corrected chi connectivity index (χ1v) is 14.8. The molecule has 0 aromatic rings.